The van der Waals surface area contributed by atoms with Crippen LogP contribution in [-0.4, -0.2) is 55.0 Å². The number of nitrogens with zero attached hydrogens (tertiary/aromatic N) is 2. The van der Waals surface area contributed by atoms with E-state index >= 15 is 0 Å². The highest BCUT2D eigenvalue weighted by Crippen LogP contribution is 2.15. The van der Waals surface area contributed by atoms with Gasteiger partial charge in [-0.3, -0.25) is 4.79 Å². The van der Waals surface area contributed by atoms with E-state index in [-0.39, 0.29) is 11.9 Å². The maximum absolute atomic E-state index is 12.0. The summed E-state index contributed by atoms with van der Waals surface area (Å²) < 4.78 is 0. The Morgan fingerprint density at radius 3 is 2.44 bits per heavy atom. The van der Waals surface area contributed by atoms with E-state index in [2.05, 4.69) is 25.9 Å². The number of hydrogen-bond acceptors (Lipinski definition) is 3. The van der Waals surface area contributed by atoms with Crippen LogP contribution in [0.5, 0.6) is 0 Å². The van der Waals surface area contributed by atoms with E-state index in [1.807, 2.05) is 4.90 Å². The highest BCUT2D eigenvalue weighted by atomic mass is 16.2. The average molecular weight is 227 g/mol. The lowest BCUT2D eigenvalue weighted by molar-refractivity contribution is -0.134. The van der Waals surface area contributed by atoms with Crippen molar-refractivity contribution >= 4 is 5.91 Å². The van der Waals surface area contributed by atoms with Gasteiger partial charge in [-0.15, -0.1) is 0 Å². The van der Waals surface area contributed by atoms with Crippen molar-refractivity contribution in [3.63, 3.8) is 0 Å². The average Bonchev–Trinajstić information content (AvgIpc) is 2.28. The van der Waals surface area contributed by atoms with Crippen molar-refractivity contribution in [3.8, 4) is 0 Å². The molecule has 4 nitrogen and oxygen atoms in total. The fourth-order valence-corrected chi connectivity index (χ4v) is 2.27. The minimum absolute atomic E-state index is 0.138. The topological polar surface area (TPSA) is 49.6 Å². The first kappa shape index (κ1) is 13.5. The molecular weight excluding hydrogens is 202 g/mol. The molecule has 0 radical (unpaired) electrons. The Hall–Kier alpha value is -0.610. The van der Waals surface area contributed by atoms with E-state index in [0.717, 1.165) is 38.8 Å². The summed E-state index contributed by atoms with van der Waals surface area (Å²) >= 11 is 0. The maximum atomic E-state index is 12.0. The molecule has 1 atom stereocenters. The summed E-state index contributed by atoms with van der Waals surface area (Å²) in [6.45, 7) is 3.78. The van der Waals surface area contributed by atoms with Crippen molar-refractivity contribution in [1.29, 1.82) is 0 Å². The third kappa shape index (κ3) is 3.46. The van der Waals surface area contributed by atoms with Crippen molar-refractivity contribution in [1.82, 2.24) is 9.80 Å². The number of likely N-dealkylation sites (tertiary alicyclic amines) is 1. The number of carbonyl (C=O) groups is 1. The standard InChI is InChI=1S/C12H25N3O/c1-4-5-11(13)12(16)15-8-6-10(7-9-15)14(2)3/h10-11H,4-9,13H2,1-3H3/t11-/m1/s1. The summed E-state index contributed by atoms with van der Waals surface area (Å²) in [5.74, 6) is 0.138. The molecule has 0 bridgehead atoms. The van der Waals surface area contributed by atoms with Gasteiger partial charge in [0.15, 0.2) is 0 Å². The Morgan fingerprint density at radius 1 is 1.44 bits per heavy atom. The van der Waals surface area contributed by atoms with Gasteiger partial charge in [-0.1, -0.05) is 13.3 Å². The highest BCUT2D eigenvalue weighted by Gasteiger charge is 2.26. The Kier molecular flexibility index (Phi) is 5.22. The maximum Gasteiger partial charge on any atom is 0.239 e. The van der Waals surface area contributed by atoms with Gasteiger partial charge in [0.25, 0.3) is 0 Å². The van der Waals surface area contributed by atoms with E-state index in [1.54, 1.807) is 0 Å². The first-order chi connectivity index (χ1) is 7.56. The molecule has 0 aromatic rings. The summed E-state index contributed by atoms with van der Waals surface area (Å²) in [5.41, 5.74) is 5.85. The molecule has 1 saturated heterocycles. The fourth-order valence-electron chi connectivity index (χ4n) is 2.27. The highest BCUT2D eigenvalue weighted by molar-refractivity contribution is 5.81. The molecule has 1 aliphatic heterocycles. The van der Waals surface area contributed by atoms with E-state index in [9.17, 15) is 4.79 Å². The van der Waals surface area contributed by atoms with Crippen LogP contribution < -0.4 is 5.73 Å². The van der Waals surface area contributed by atoms with Crippen molar-refractivity contribution < 1.29 is 4.79 Å². The second-order valence-electron chi connectivity index (χ2n) is 4.92. The summed E-state index contributed by atoms with van der Waals surface area (Å²) in [7, 11) is 4.20. The molecule has 0 aromatic heterocycles. The molecule has 0 unspecified atom stereocenters. The number of rotatable bonds is 4. The third-order valence-corrected chi connectivity index (χ3v) is 3.42. The second-order valence-corrected chi connectivity index (χ2v) is 4.92. The SMILES string of the molecule is CCC[C@@H](N)C(=O)N1CCC(N(C)C)CC1. The van der Waals surface area contributed by atoms with Gasteiger partial charge < -0.3 is 15.5 Å². The summed E-state index contributed by atoms with van der Waals surface area (Å²) in [4.78, 5) is 16.1. The van der Waals surface area contributed by atoms with Gasteiger partial charge in [-0.25, -0.2) is 0 Å². The van der Waals surface area contributed by atoms with Gasteiger partial charge in [-0.2, -0.15) is 0 Å². The van der Waals surface area contributed by atoms with Crippen LogP contribution >= 0.6 is 0 Å². The van der Waals surface area contributed by atoms with Crippen LogP contribution in [0.3, 0.4) is 0 Å². The zero-order valence-corrected chi connectivity index (χ0v) is 10.8. The molecule has 2 N–H and O–H groups in total. The molecule has 94 valence electrons. The van der Waals surface area contributed by atoms with Gasteiger partial charge in [0.2, 0.25) is 5.91 Å². The van der Waals surface area contributed by atoms with Crippen LogP contribution in [0.1, 0.15) is 32.6 Å². The number of carbonyl (C=O) groups excluding carboxylic acids is 1. The van der Waals surface area contributed by atoms with Gasteiger partial charge in [0.1, 0.15) is 0 Å². The van der Waals surface area contributed by atoms with Crippen LogP contribution in [0.4, 0.5) is 0 Å². The van der Waals surface area contributed by atoms with Gasteiger partial charge >= 0.3 is 0 Å². The second kappa shape index (κ2) is 6.21. The third-order valence-electron chi connectivity index (χ3n) is 3.42. The Morgan fingerprint density at radius 2 is 2.00 bits per heavy atom. The Labute approximate surface area is 98.8 Å². The van der Waals surface area contributed by atoms with E-state index < -0.39 is 0 Å². The van der Waals surface area contributed by atoms with Crippen molar-refractivity contribution in [2.75, 3.05) is 27.2 Å². The predicted molar refractivity (Wildman–Crippen MR) is 66.2 cm³/mol. The number of nitrogens with two attached hydrogens (primary N) is 1. The van der Waals surface area contributed by atoms with Gasteiger partial charge in [0.05, 0.1) is 6.04 Å². The normalized spacial score (nSPS) is 20.2. The van der Waals surface area contributed by atoms with E-state index in [1.165, 1.54) is 0 Å². The molecule has 0 saturated carbocycles. The number of hydrogen-bond donors (Lipinski definition) is 1. The smallest absolute Gasteiger partial charge is 0.239 e. The summed E-state index contributed by atoms with van der Waals surface area (Å²) in [6.07, 6.45) is 3.91. The molecule has 16 heavy (non-hydrogen) atoms. The summed E-state index contributed by atoms with van der Waals surface area (Å²) in [6, 6.07) is 0.326. The molecule has 0 spiro atoms. The van der Waals surface area contributed by atoms with Crippen molar-refractivity contribution in [2.45, 2.75) is 44.7 Å². The lowest BCUT2D eigenvalue weighted by Crippen LogP contribution is -2.49. The predicted octanol–water partition coefficient (Wildman–Crippen LogP) is 0.666. The first-order valence-corrected chi connectivity index (χ1v) is 6.27. The van der Waals surface area contributed by atoms with E-state index in [4.69, 9.17) is 5.73 Å². The number of piperidine rings is 1. The fraction of sp³-hybridized carbons (Fsp3) is 0.917. The van der Waals surface area contributed by atoms with Crippen LogP contribution in [0.25, 0.3) is 0 Å². The monoisotopic (exact) mass is 227 g/mol. The largest absolute Gasteiger partial charge is 0.341 e. The molecule has 0 aromatic carbocycles. The minimum atomic E-state index is -0.291. The number of amides is 1. The molecule has 1 amide bonds. The first-order valence-electron chi connectivity index (χ1n) is 6.27. The van der Waals surface area contributed by atoms with E-state index in [0.29, 0.717) is 6.04 Å². The zero-order chi connectivity index (χ0) is 12.1. The molecule has 1 rings (SSSR count). The van der Waals surface area contributed by atoms with Crippen LogP contribution in [0, 0.1) is 0 Å². The Bertz CT molecular complexity index is 222. The van der Waals surface area contributed by atoms with Crippen LogP contribution in [0.2, 0.25) is 0 Å². The molecule has 4 heteroatoms. The molecule has 0 aliphatic carbocycles. The minimum Gasteiger partial charge on any atom is -0.341 e. The van der Waals surface area contributed by atoms with Crippen LogP contribution in [-0.2, 0) is 4.79 Å². The molecule has 1 fully saturated rings. The Balaban J connectivity index is 2.38. The van der Waals surface area contributed by atoms with Gasteiger partial charge in [0, 0.05) is 19.1 Å². The quantitative estimate of drug-likeness (QED) is 0.768. The molecule has 1 aliphatic rings. The van der Waals surface area contributed by atoms with Gasteiger partial charge in [-0.05, 0) is 33.4 Å². The van der Waals surface area contributed by atoms with Crippen LogP contribution in [0.15, 0.2) is 0 Å². The summed E-state index contributed by atoms with van der Waals surface area (Å²) in [5, 5.41) is 0. The molecule has 1 heterocycles. The van der Waals surface area contributed by atoms with Crippen molar-refractivity contribution in [2.24, 2.45) is 5.73 Å². The lowest BCUT2D eigenvalue weighted by atomic mass is 10.0. The lowest BCUT2D eigenvalue weighted by Gasteiger charge is -2.36. The van der Waals surface area contributed by atoms with Crippen molar-refractivity contribution in [3.05, 3.63) is 0 Å². The zero-order valence-electron chi connectivity index (χ0n) is 10.8. The molecular formula is C12H25N3O.